The van der Waals surface area contributed by atoms with Crippen molar-refractivity contribution in [3.8, 4) is 0 Å². The van der Waals surface area contributed by atoms with Gasteiger partial charge in [0.1, 0.15) is 0 Å². The van der Waals surface area contributed by atoms with Crippen LogP contribution in [0.25, 0.3) is 0 Å². The summed E-state index contributed by atoms with van der Waals surface area (Å²) in [6.45, 7) is 0.850. The summed E-state index contributed by atoms with van der Waals surface area (Å²) in [4.78, 5) is 0. The molecule has 0 bridgehead atoms. The van der Waals surface area contributed by atoms with E-state index >= 15 is 0 Å². The second-order valence-corrected chi connectivity index (χ2v) is 5.92. The van der Waals surface area contributed by atoms with Crippen molar-refractivity contribution in [1.29, 1.82) is 0 Å². The zero-order valence-electron chi connectivity index (χ0n) is 10.3. The summed E-state index contributed by atoms with van der Waals surface area (Å²) in [5.74, 6) is 0.916. The highest BCUT2D eigenvalue weighted by molar-refractivity contribution is 7.99. The summed E-state index contributed by atoms with van der Waals surface area (Å²) in [7, 11) is 0. The molecule has 19 heavy (non-hydrogen) atoms. The predicted octanol–water partition coefficient (Wildman–Crippen LogP) is 2.87. The van der Waals surface area contributed by atoms with Gasteiger partial charge in [0, 0.05) is 23.0 Å². The lowest BCUT2D eigenvalue weighted by Crippen LogP contribution is -2.05. The normalized spacial score (nSPS) is 14.6. The fourth-order valence-electron chi connectivity index (χ4n) is 1.76. The Morgan fingerprint density at radius 2 is 2.32 bits per heavy atom. The topological polar surface area (TPSA) is 55.6 Å². The van der Waals surface area contributed by atoms with E-state index in [1.165, 1.54) is 12.8 Å². The highest BCUT2D eigenvalue weighted by Crippen LogP contribution is 2.36. The number of hydrogen-bond donors (Lipinski definition) is 1. The van der Waals surface area contributed by atoms with Crippen LogP contribution in [0.5, 0.6) is 0 Å². The van der Waals surface area contributed by atoms with Gasteiger partial charge < -0.3 is 5.32 Å². The van der Waals surface area contributed by atoms with E-state index in [-0.39, 0.29) is 0 Å². The molecule has 1 aliphatic carbocycles. The van der Waals surface area contributed by atoms with Crippen molar-refractivity contribution in [3.63, 3.8) is 0 Å². The van der Waals surface area contributed by atoms with Crippen molar-refractivity contribution >= 4 is 29.1 Å². The minimum Gasteiger partial charge on any atom is -0.384 e. The van der Waals surface area contributed by atoms with Gasteiger partial charge in [-0.2, -0.15) is 0 Å². The van der Waals surface area contributed by atoms with Crippen LogP contribution in [-0.4, -0.2) is 32.5 Å². The number of benzene rings is 1. The highest BCUT2D eigenvalue weighted by Gasteiger charge is 2.27. The van der Waals surface area contributed by atoms with Gasteiger partial charge >= 0.3 is 0 Å². The van der Waals surface area contributed by atoms with Crippen molar-refractivity contribution in [3.05, 3.63) is 29.3 Å². The molecule has 0 aliphatic heterocycles. The Labute approximate surface area is 120 Å². The number of hydrogen-bond acceptors (Lipinski definition) is 5. The lowest BCUT2D eigenvalue weighted by molar-refractivity contribution is 0.565. The molecule has 2 aromatic rings. The van der Waals surface area contributed by atoms with E-state index in [1.54, 1.807) is 11.8 Å². The molecule has 0 spiro atoms. The van der Waals surface area contributed by atoms with Gasteiger partial charge in [0.25, 0.3) is 0 Å². The van der Waals surface area contributed by atoms with Crippen molar-refractivity contribution in [2.45, 2.75) is 24.0 Å². The third-order valence-corrected chi connectivity index (χ3v) is 4.01. The third-order valence-electron chi connectivity index (χ3n) is 2.84. The van der Waals surface area contributed by atoms with Crippen LogP contribution in [0.2, 0.25) is 5.02 Å². The van der Waals surface area contributed by atoms with Crippen LogP contribution in [0.15, 0.2) is 29.4 Å². The Morgan fingerprint density at radius 3 is 3.11 bits per heavy atom. The molecular weight excluding hydrogens is 282 g/mol. The Bertz CT molecular complexity index is 555. The average Bonchev–Trinajstić information content (AvgIpc) is 3.14. The smallest absolute Gasteiger partial charge is 0.209 e. The summed E-state index contributed by atoms with van der Waals surface area (Å²) >= 11 is 7.60. The van der Waals surface area contributed by atoms with Crippen LogP contribution in [0.1, 0.15) is 18.9 Å². The van der Waals surface area contributed by atoms with Crippen molar-refractivity contribution in [1.82, 2.24) is 20.2 Å². The van der Waals surface area contributed by atoms with E-state index in [4.69, 9.17) is 11.6 Å². The minimum atomic E-state index is 0.526. The van der Waals surface area contributed by atoms with Gasteiger partial charge in [-0.3, -0.25) is 0 Å². The van der Waals surface area contributed by atoms with Gasteiger partial charge in [-0.05, 0) is 41.5 Å². The van der Waals surface area contributed by atoms with Crippen LogP contribution in [0, 0.1) is 0 Å². The molecule has 1 heterocycles. The van der Waals surface area contributed by atoms with E-state index in [2.05, 4.69) is 20.8 Å². The molecule has 0 atom stereocenters. The molecule has 1 aromatic heterocycles. The molecule has 1 fully saturated rings. The van der Waals surface area contributed by atoms with Gasteiger partial charge in [0.05, 0.1) is 6.04 Å². The molecule has 1 saturated carbocycles. The quantitative estimate of drug-likeness (QED) is 0.656. The van der Waals surface area contributed by atoms with Crippen LogP contribution < -0.4 is 5.32 Å². The number of tetrazole rings is 1. The lowest BCUT2D eigenvalue weighted by Gasteiger charge is -2.06. The SMILES string of the molecule is Clc1cccc(NCCSc2nnnn2C2CC2)c1. The summed E-state index contributed by atoms with van der Waals surface area (Å²) < 4.78 is 1.93. The van der Waals surface area contributed by atoms with Gasteiger partial charge in [0.15, 0.2) is 0 Å². The van der Waals surface area contributed by atoms with Crippen LogP contribution in [-0.2, 0) is 0 Å². The number of anilines is 1. The van der Waals surface area contributed by atoms with E-state index in [0.717, 1.165) is 28.2 Å². The van der Waals surface area contributed by atoms with Crippen LogP contribution >= 0.6 is 23.4 Å². The summed E-state index contributed by atoms with van der Waals surface area (Å²) in [6, 6.07) is 8.25. The Balaban J connectivity index is 1.46. The van der Waals surface area contributed by atoms with Gasteiger partial charge in [-0.25, -0.2) is 4.68 Å². The first-order valence-corrected chi connectivity index (χ1v) is 7.59. The molecule has 1 aromatic carbocycles. The molecule has 1 N–H and O–H groups in total. The van der Waals surface area contributed by atoms with E-state index in [0.29, 0.717) is 6.04 Å². The predicted molar refractivity (Wildman–Crippen MR) is 76.8 cm³/mol. The average molecular weight is 296 g/mol. The molecule has 3 rings (SSSR count). The lowest BCUT2D eigenvalue weighted by atomic mass is 10.3. The highest BCUT2D eigenvalue weighted by atomic mass is 35.5. The minimum absolute atomic E-state index is 0.526. The maximum absolute atomic E-state index is 5.93. The molecule has 0 radical (unpaired) electrons. The fraction of sp³-hybridized carbons (Fsp3) is 0.417. The largest absolute Gasteiger partial charge is 0.384 e. The van der Waals surface area contributed by atoms with Crippen LogP contribution in [0.4, 0.5) is 5.69 Å². The first-order valence-electron chi connectivity index (χ1n) is 6.23. The van der Waals surface area contributed by atoms with Crippen molar-refractivity contribution < 1.29 is 0 Å². The second-order valence-electron chi connectivity index (χ2n) is 4.42. The number of nitrogens with one attached hydrogen (secondary N) is 1. The molecule has 1 aliphatic rings. The maximum Gasteiger partial charge on any atom is 0.209 e. The Kier molecular flexibility index (Phi) is 3.89. The third kappa shape index (κ3) is 3.39. The zero-order valence-corrected chi connectivity index (χ0v) is 11.9. The molecular formula is C12H14ClN5S. The number of rotatable bonds is 6. The molecule has 100 valence electrons. The zero-order chi connectivity index (χ0) is 13.1. The molecule has 7 heteroatoms. The molecule has 0 amide bonds. The number of aromatic nitrogens is 4. The standard InChI is InChI=1S/C12H14ClN5S/c13-9-2-1-3-10(8-9)14-6-7-19-12-15-16-17-18(12)11-4-5-11/h1-3,8,11,14H,4-7H2. The molecule has 5 nitrogen and oxygen atoms in total. The second kappa shape index (κ2) is 5.79. The summed E-state index contributed by atoms with van der Waals surface area (Å²) in [5.41, 5.74) is 1.04. The first kappa shape index (κ1) is 12.7. The van der Waals surface area contributed by atoms with Gasteiger partial charge in [-0.1, -0.05) is 29.4 Å². The number of halogens is 1. The fourth-order valence-corrected chi connectivity index (χ4v) is 2.75. The number of thioether (sulfide) groups is 1. The number of nitrogens with zero attached hydrogens (tertiary/aromatic N) is 4. The van der Waals surface area contributed by atoms with Gasteiger partial charge in [0.2, 0.25) is 5.16 Å². The van der Waals surface area contributed by atoms with E-state index in [9.17, 15) is 0 Å². The van der Waals surface area contributed by atoms with Gasteiger partial charge in [-0.15, -0.1) is 5.10 Å². The van der Waals surface area contributed by atoms with E-state index in [1.807, 2.05) is 28.9 Å². The first-order chi connectivity index (χ1) is 9.33. The maximum atomic E-state index is 5.93. The Hall–Kier alpha value is -1.27. The summed E-state index contributed by atoms with van der Waals surface area (Å²) in [5, 5.41) is 16.8. The van der Waals surface area contributed by atoms with Crippen molar-refractivity contribution in [2.24, 2.45) is 0 Å². The Morgan fingerprint density at radius 1 is 1.42 bits per heavy atom. The summed E-state index contributed by atoms with van der Waals surface area (Å²) in [6.07, 6.45) is 2.39. The van der Waals surface area contributed by atoms with E-state index < -0.39 is 0 Å². The van der Waals surface area contributed by atoms with Crippen LogP contribution in [0.3, 0.4) is 0 Å². The molecule has 0 saturated heterocycles. The molecule has 0 unspecified atom stereocenters. The monoisotopic (exact) mass is 295 g/mol. The van der Waals surface area contributed by atoms with Crippen molar-refractivity contribution in [2.75, 3.05) is 17.6 Å².